The van der Waals surface area contributed by atoms with Crippen LogP contribution in [0.5, 0.6) is 0 Å². The van der Waals surface area contributed by atoms with Crippen LogP contribution in [0.1, 0.15) is 18.9 Å². The van der Waals surface area contributed by atoms with Gasteiger partial charge >= 0.3 is 0 Å². The molecule has 6 nitrogen and oxygen atoms in total. The van der Waals surface area contributed by atoms with Crippen LogP contribution >= 0.6 is 11.3 Å². The average Bonchev–Trinajstić information content (AvgIpc) is 3.34. The van der Waals surface area contributed by atoms with Crippen molar-refractivity contribution in [3.63, 3.8) is 0 Å². The molecule has 1 aromatic carbocycles. The Balaban J connectivity index is 1.33. The van der Waals surface area contributed by atoms with Gasteiger partial charge in [-0.25, -0.2) is 15.0 Å². The van der Waals surface area contributed by atoms with E-state index in [1.807, 2.05) is 24.3 Å². The van der Waals surface area contributed by atoms with E-state index in [-0.39, 0.29) is 6.04 Å². The van der Waals surface area contributed by atoms with Crippen LogP contribution in [0.4, 0.5) is 5.82 Å². The molecule has 4 aromatic rings. The molecule has 0 aliphatic carbocycles. The molecule has 0 radical (unpaired) electrons. The first-order valence-electron chi connectivity index (χ1n) is 8.82. The summed E-state index contributed by atoms with van der Waals surface area (Å²) in [4.78, 5) is 18.3. The lowest BCUT2D eigenvalue weighted by Gasteiger charge is -2.37. The maximum Gasteiger partial charge on any atom is 0.212 e. The third-order valence-corrected chi connectivity index (χ3v) is 5.95. The highest BCUT2D eigenvalue weighted by atomic mass is 32.1. The molecule has 0 N–H and O–H groups in total. The minimum Gasteiger partial charge on any atom is -0.439 e. The zero-order chi connectivity index (χ0) is 17.5. The molecule has 0 unspecified atom stereocenters. The summed E-state index contributed by atoms with van der Waals surface area (Å²) in [6, 6.07) is 10.2. The molecule has 3 aromatic heterocycles. The van der Waals surface area contributed by atoms with Gasteiger partial charge in [0.15, 0.2) is 5.58 Å². The highest BCUT2D eigenvalue weighted by molar-refractivity contribution is 7.17. The predicted octanol–water partition coefficient (Wildman–Crippen LogP) is 3.72. The monoisotopic (exact) mass is 365 g/mol. The molecule has 0 saturated carbocycles. The summed E-state index contributed by atoms with van der Waals surface area (Å²) in [5.74, 6) is 1.85. The zero-order valence-electron chi connectivity index (χ0n) is 14.5. The lowest BCUT2D eigenvalue weighted by molar-refractivity contribution is 0.175. The normalized spacial score (nSPS) is 17.2. The molecule has 1 aliphatic rings. The van der Waals surface area contributed by atoms with Crippen LogP contribution in [-0.2, 0) is 0 Å². The molecular weight excluding hydrogens is 346 g/mol. The first-order valence-corrected chi connectivity index (χ1v) is 9.70. The molecular formula is C19H19N5OS. The van der Waals surface area contributed by atoms with E-state index < -0.39 is 0 Å². The summed E-state index contributed by atoms with van der Waals surface area (Å²) in [7, 11) is 0. The topological polar surface area (TPSA) is 58.3 Å². The molecule has 1 aliphatic heterocycles. The summed E-state index contributed by atoms with van der Waals surface area (Å²) in [6.07, 6.45) is 1.66. The highest BCUT2D eigenvalue weighted by Gasteiger charge is 2.26. The largest absolute Gasteiger partial charge is 0.439 e. The number of benzene rings is 1. The Labute approximate surface area is 155 Å². The molecule has 0 bridgehead atoms. The number of thiophene rings is 1. The molecule has 7 heteroatoms. The first kappa shape index (κ1) is 15.7. The van der Waals surface area contributed by atoms with Crippen molar-refractivity contribution < 1.29 is 4.42 Å². The number of para-hydroxylation sites is 2. The summed E-state index contributed by atoms with van der Waals surface area (Å²) in [5, 5.41) is 2.08. The Morgan fingerprint density at radius 3 is 2.73 bits per heavy atom. The zero-order valence-corrected chi connectivity index (χ0v) is 15.3. The van der Waals surface area contributed by atoms with Crippen molar-refractivity contribution in [3.8, 4) is 0 Å². The smallest absolute Gasteiger partial charge is 0.212 e. The second-order valence-electron chi connectivity index (χ2n) is 6.55. The van der Waals surface area contributed by atoms with Crippen molar-refractivity contribution in [2.24, 2.45) is 0 Å². The summed E-state index contributed by atoms with van der Waals surface area (Å²) in [6.45, 7) is 5.96. The van der Waals surface area contributed by atoms with Crippen LogP contribution in [0.25, 0.3) is 21.3 Å². The van der Waals surface area contributed by atoms with Crippen LogP contribution in [-0.4, -0.2) is 46.0 Å². The van der Waals surface area contributed by atoms with Gasteiger partial charge in [-0.1, -0.05) is 12.1 Å². The number of hydrogen-bond acceptors (Lipinski definition) is 7. The molecule has 1 fully saturated rings. The van der Waals surface area contributed by atoms with Crippen LogP contribution in [0, 0.1) is 0 Å². The fraction of sp³-hybridized carbons (Fsp3) is 0.316. The predicted molar refractivity (Wildman–Crippen MR) is 104 cm³/mol. The van der Waals surface area contributed by atoms with Gasteiger partial charge in [0, 0.05) is 26.2 Å². The van der Waals surface area contributed by atoms with E-state index in [9.17, 15) is 0 Å². The number of piperazine rings is 1. The maximum absolute atomic E-state index is 5.96. The number of nitrogens with zero attached hydrogens (tertiary/aromatic N) is 5. The van der Waals surface area contributed by atoms with E-state index in [1.165, 1.54) is 4.70 Å². The number of oxazole rings is 1. The number of fused-ring (bicyclic) bond motifs is 2. The van der Waals surface area contributed by atoms with E-state index in [1.54, 1.807) is 17.7 Å². The van der Waals surface area contributed by atoms with Crippen molar-refractivity contribution in [2.45, 2.75) is 13.0 Å². The molecule has 1 atom stereocenters. The number of hydrogen-bond donors (Lipinski definition) is 0. The Morgan fingerprint density at radius 1 is 1.04 bits per heavy atom. The highest BCUT2D eigenvalue weighted by Crippen LogP contribution is 2.30. The average molecular weight is 365 g/mol. The quantitative estimate of drug-likeness (QED) is 0.552. The van der Waals surface area contributed by atoms with Gasteiger partial charge in [0.25, 0.3) is 0 Å². The number of rotatable bonds is 3. The lowest BCUT2D eigenvalue weighted by atomic mass is 10.2. The van der Waals surface area contributed by atoms with Crippen LogP contribution in [0.15, 0.2) is 46.5 Å². The van der Waals surface area contributed by atoms with E-state index in [0.717, 1.165) is 54.5 Å². The molecule has 26 heavy (non-hydrogen) atoms. The van der Waals surface area contributed by atoms with Crippen molar-refractivity contribution in [1.82, 2.24) is 19.9 Å². The molecule has 4 heterocycles. The lowest BCUT2D eigenvalue weighted by Crippen LogP contribution is -2.47. The minimum atomic E-state index is 0.164. The molecule has 0 spiro atoms. The van der Waals surface area contributed by atoms with E-state index in [2.05, 4.69) is 43.1 Å². The molecule has 132 valence electrons. The van der Waals surface area contributed by atoms with E-state index in [0.29, 0.717) is 0 Å². The van der Waals surface area contributed by atoms with E-state index in [4.69, 9.17) is 4.42 Å². The van der Waals surface area contributed by atoms with Gasteiger partial charge < -0.3 is 9.32 Å². The van der Waals surface area contributed by atoms with Crippen molar-refractivity contribution >= 4 is 38.5 Å². The van der Waals surface area contributed by atoms with Crippen LogP contribution < -0.4 is 4.90 Å². The van der Waals surface area contributed by atoms with Crippen LogP contribution in [0.2, 0.25) is 0 Å². The fourth-order valence-corrected chi connectivity index (χ4v) is 4.41. The van der Waals surface area contributed by atoms with Crippen LogP contribution in [0.3, 0.4) is 0 Å². The fourth-order valence-electron chi connectivity index (χ4n) is 3.55. The van der Waals surface area contributed by atoms with Gasteiger partial charge in [0.1, 0.15) is 17.7 Å². The second-order valence-corrected chi connectivity index (χ2v) is 7.47. The minimum absolute atomic E-state index is 0.164. The standard InChI is InChI=1S/C19H19N5OS/c1-13(19-22-14-4-2-3-5-16(14)25-19)23-7-9-24(10-8-23)18-17-15(6-11-26-17)20-12-21-18/h2-6,11-13H,7-10H2,1H3/t13-/m0/s1. The Morgan fingerprint density at radius 2 is 1.88 bits per heavy atom. The van der Waals surface area contributed by atoms with Gasteiger partial charge in [-0.3, -0.25) is 4.90 Å². The number of aromatic nitrogens is 3. The van der Waals surface area contributed by atoms with Gasteiger partial charge in [0.05, 0.1) is 16.3 Å². The van der Waals surface area contributed by atoms with Gasteiger partial charge in [-0.15, -0.1) is 11.3 Å². The van der Waals surface area contributed by atoms with Crippen molar-refractivity contribution in [2.75, 3.05) is 31.1 Å². The summed E-state index contributed by atoms with van der Waals surface area (Å²) in [5.41, 5.74) is 2.81. The maximum atomic E-state index is 5.96. The van der Waals surface area contributed by atoms with Gasteiger partial charge in [0.2, 0.25) is 5.89 Å². The van der Waals surface area contributed by atoms with Gasteiger partial charge in [-0.2, -0.15) is 0 Å². The summed E-state index contributed by atoms with van der Waals surface area (Å²) < 4.78 is 7.13. The SMILES string of the molecule is C[C@@H](c1nc2ccccc2o1)N1CCN(c2ncnc3ccsc23)CC1. The van der Waals surface area contributed by atoms with E-state index >= 15 is 0 Å². The van der Waals surface area contributed by atoms with Gasteiger partial charge in [-0.05, 0) is 30.5 Å². The molecule has 5 rings (SSSR count). The third-order valence-electron chi connectivity index (χ3n) is 5.05. The second kappa shape index (κ2) is 6.34. The van der Waals surface area contributed by atoms with Crippen molar-refractivity contribution in [3.05, 3.63) is 47.9 Å². The van der Waals surface area contributed by atoms with Crippen molar-refractivity contribution in [1.29, 1.82) is 0 Å². The third kappa shape index (κ3) is 2.64. The Bertz CT molecular complexity index is 1020. The Kier molecular flexibility index (Phi) is 3.83. The Hall–Kier alpha value is -2.51. The first-order chi connectivity index (χ1) is 12.8. The molecule has 0 amide bonds. The number of anilines is 1. The molecule has 1 saturated heterocycles. The summed E-state index contributed by atoms with van der Waals surface area (Å²) >= 11 is 1.71.